The van der Waals surface area contributed by atoms with Crippen molar-refractivity contribution in [2.24, 2.45) is 0 Å². The third-order valence-corrected chi connectivity index (χ3v) is 6.09. The quantitative estimate of drug-likeness (QED) is 0.745. The molecule has 2 fully saturated rings. The Morgan fingerprint density at radius 1 is 1.07 bits per heavy atom. The summed E-state index contributed by atoms with van der Waals surface area (Å²) in [6, 6.07) is 10.1. The molecule has 7 nitrogen and oxygen atoms in total. The first-order valence-electron chi connectivity index (χ1n) is 9.87. The number of morpholine rings is 1. The number of aliphatic hydroxyl groups is 1. The van der Waals surface area contributed by atoms with Crippen LogP contribution in [-0.4, -0.2) is 69.8 Å². The van der Waals surface area contributed by atoms with Crippen LogP contribution in [0.15, 0.2) is 55.1 Å². The molecule has 28 heavy (non-hydrogen) atoms. The summed E-state index contributed by atoms with van der Waals surface area (Å²) >= 11 is 0. The molecule has 1 aromatic carbocycles. The van der Waals surface area contributed by atoms with Crippen molar-refractivity contribution in [1.82, 2.24) is 19.3 Å². The second-order valence-corrected chi connectivity index (χ2v) is 7.57. The van der Waals surface area contributed by atoms with Crippen LogP contribution in [0.25, 0.3) is 5.65 Å². The largest absolute Gasteiger partial charge is 0.383 e. The Labute approximate surface area is 164 Å². The molecule has 0 radical (unpaired) electrons. The fourth-order valence-electron chi connectivity index (χ4n) is 4.57. The molecule has 2 aromatic heterocycles. The minimum absolute atomic E-state index is 0.0219. The lowest BCUT2D eigenvalue weighted by atomic mass is 9.79. The Hall–Kier alpha value is -2.48. The molecular weight excluding hydrogens is 354 g/mol. The maximum Gasteiger partial charge on any atom is 0.156 e. The zero-order valence-electron chi connectivity index (χ0n) is 15.8. The zero-order chi connectivity index (χ0) is 19.0. The molecule has 0 aliphatic carbocycles. The van der Waals surface area contributed by atoms with Crippen LogP contribution < -0.4 is 4.90 Å². The van der Waals surface area contributed by atoms with E-state index >= 15 is 0 Å². The molecular formula is C21H25N5O2. The van der Waals surface area contributed by atoms with Crippen LogP contribution in [0.4, 0.5) is 5.82 Å². The van der Waals surface area contributed by atoms with E-state index in [1.165, 1.54) is 0 Å². The van der Waals surface area contributed by atoms with Gasteiger partial charge in [-0.05, 0) is 12.0 Å². The van der Waals surface area contributed by atoms with Crippen LogP contribution in [0.1, 0.15) is 12.0 Å². The van der Waals surface area contributed by atoms with E-state index in [1.54, 1.807) is 12.4 Å². The zero-order valence-corrected chi connectivity index (χ0v) is 15.8. The average molecular weight is 379 g/mol. The number of rotatable bonds is 3. The van der Waals surface area contributed by atoms with Crippen molar-refractivity contribution in [2.45, 2.75) is 18.1 Å². The molecule has 146 valence electrons. The van der Waals surface area contributed by atoms with Gasteiger partial charge in [-0.2, -0.15) is 0 Å². The molecule has 0 saturated carbocycles. The summed E-state index contributed by atoms with van der Waals surface area (Å²) in [6.07, 6.45) is 8.08. The van der Waals surface area contributed by atoms with Gasteiger partial charge in [-0.15, -0.1) is 0 Å². The van der Waals surface area contributed by atoms with Crippen molar-refractivity contribution in [3.8, 4) is 0 Å². The Balaban J connectivity index is 1.51. The number of anilines is 1. The van der Waals surface area contributed by atoms with E-state index in [0.29, 0.717) is 19.6 Å². The Morgan fingerprint density at radius 3 is 2.71 bits per heavy atom. The first-order chi connectivity index (χ1) is 13.8. The number of fused-ring (bicyclic) bond motifs is 1. The normalized spacial score (nSPS) is 26.6. The van der Waals surface area contributed by atoms with Crippen molar-refractivity contribution < 1.29 is 9.84 Å². The van der Waals surface area contributed by atoms with Crippen molar-refractivity contribution in [3.05, 3.63) is 60.7 Å². The van der Waals surface area contributed by atoms with Gasteiger partial charge in [-0.25, -0.2) is 4.98 Å². The highest BCUT2D eigenvalue weighted by Gasteiger charge is 2.46. The van der Waals surface area contributed by atoms with Crippen molar-refractivity contribution >= 4 is 11.5 Å². The number of imidazole rings is 1. The molecule has 0 spiro atoms. The number of hydrogen-bond acceptors (Lipinski definition) is 6. The van der Waals surface area contributed by atoms with Crippen LogP contribution in [0.5, 0.6) is 0 Å². The molecule has 0 unspecified atom stereocenters. The Bertz CT molecular complexity index is 940. The minimum atomic E-state index is -0.884. The molecule has 2 aliphatic rings. The van der Waals surface area contributed by atoms with E-state index < -0.39 is 5.60 Å². The molecule has 0 bridgehead atoms. The lowest BCUT2D eigenvalue weighted by molar-refractivity contribution is -0.0911. The van der Waals surface area contributed by atoms with Gasteiger partial charge in [0.25, 0.3) is 0 Å². The van der Waals surface area contributed by atoms with Gasteiger partial charge in [-0.1, -0.05) is 30.3 Å². The van der Waals surface area contributed by atoms with E-state index in [2.05, 4.69) is 24.2 Å². The lowest BCUT2D eigenvalue weighted by Crippen LogP contribution is -2.62. The van der Waals surface area contributed by atoms with E-state index in [-0.39, 0.29) is 6.04 Å². The van der Waals surface area contributed by atoms with Crippen LogP contribution in [0, 0.1) is 0 Å². The summed E-state index contributed by atoms with van der Waals surface area (Å²) in [7, 11) is 0. The fraction of sp³-hybridized carbons (Fsp3) is 0.429. The highest BCUT2D eigenvalue weighted by Crippen LogP contribution is 2.37. The van der Waals surface area contributed by atoms with Gasteiger partial charge < -0.3 is 14.7 Å². The number of piperidine rings is 1. The predicted octanol–water partition coefficient (Wildman–Crippen LogP) is 1.53. The van der Waals surface area contributed by atoms with Crippen LogP contribution in [0.2, 0.25) is 0 Å². The fourth-order valence-corrected chi connectivity index (χ4v) is 4.57. The van der Waals surface area contributed by atoms with Gasteiger partial charge in [0.15, 0.2) is 5.65 Å². The predicted molar refractivity (Wildman–Crippen MR) is 106 cm³/mol. The Morgan fingerprint density at radius 2 is 1.89 bits per heavy atom. The molecule has 3 aromatic rings. The highest BCUT2D eigenvalue weighted by molar-refractivity contribution is 5.49. The molecule has 4 heterocycles. The van der Waals surface area contributed by atoms with E-state index in [1.807, 2.05) is 42.7 Å². The molecule has 5 rings (SSSR count). The molecule has 2 aliphatic heterocycles. The maximum absolute atomic E-state index is 11.8. The number of nitrogens with zero attached hydrogens (tertiary/aromatic N) is 5. The summed E-state index contributed by atoms with van der Waals surface area (Å²) in [5, 5.41) is 11.8. The highest BCUT2D eigenvalue weighted by atomic mass is 16.5. The average Bonchev–Trinajstić information content (AvgIpc) is 3.24. The van der Waals surface area contributed by atoms with Gasteiger partial charge in [0, 0.05) is 38.6 Å². The van der Waals surface area contributed by atoms with Crippen molar-refractivity contribution in [2.75, 3.05) is 44.3 Å². The van der Waals surface area contributed by atoms with Crippen LogP contribution >= 0.6 is 0 Å². The Kier molecular flexibility index (Phi) is 4.50. The third-order valence-electron chi connectivity index (χ3n) is 6.09. The summed E-state index contributed by atoms with van der Waals surface area (Å²) in [4.78, 5) is 13.4. The van der Waals surface area contributed by atoms with E-state index in [4.69, 9.17) is 4.74 Å². The summed E-state index contributed by atoms with van der Waals surface area (Å²) in [6.45, 7) is 4.57. The van der Waals surface area contributed by atoms with Gasteiger partial charge >= 0.3 is 0 Å². The molecule has 0 amide bonds. The van der Waals surface area contributed by atoms with Gasteiger partial charge in [0.1, 0.15) is 11.4 Å². The number of hydrogen-bond donors (Lipinski definition) is 1. The topological polar surface area (TPSA) is 66.1 Å². The maximum atomic E-state index is 11.8. The van der Waals surface area contributed by atoms with Gasteiger partial charge in [0.05, 0.1) is 31.6 Å². The summed E-state index contributed by atoms with van der Waals surface area (Å²) < 4.78 is 7.63. The number of benzene rings is 1. The smallest absolute Gasteiger partial charge is 0.156 e. The second kappa shape index (κ2) is 7.16. The van der Waals surface area contributed by atoms with E-state index in [0.717, 1.165) is 43.2 Å². The molecule has 1 N–H and O–H groups in total. The molecule has 2 atom stereocenters. The van der Waals surface area contributed by atoms with Crippen molar-refractivity contribution in [1.29, 1.82) is 0 Å². The first-order valence-corrected chi connectivity index (χ1v) is 9.87. The minimum Gasteiger partial charge on any atom is -0.383 e. The lowest BCUT2D eigenvalue weighted by Gasteiger charge is -2.50. The third kappa shape index (κ3) is 2.96. The monoisotopic (exact) mass is 379 g/mol. The van der Waals surface area contributed by atoms with Crippen LogP contribution in [-0.2, 0) is 10.3 Å². The molecule has 7 heteroatoms. The van der Waals surface area contributed by atoms with Gasteiger partial charge in [0.2, 0.25) is 0 Å². The van der Waals surface area contributed by atoms with E-state index in [9.17, 15) is 5.11 Å². The van der Waals surface area contributed by atoms with Crippen LogP contribution in [0.3, 0.4) is 0 Å². The summed E-state index contributed by atoms with van der Waals surface area (Å²) in [5.74, 6) is 1.02. The first kappa shape index (κ1) is 17.6. The summed E-state index contributed by atoms with van der Waals surface area (Å²) in [5.41, 5.74) is 0.945. The number of aromatic nitrogens is 3. The van der Waals surface area contributed by atoms with Gasteiger partial charge in [-0.3, -0.25) is 14.3 Å². The van der Waals surface area contributed by atoms with Crippen molar-refractivity contribution in [3.63, 3.8) is 0 Å². The second-order valence-electron chi connectivity index (χ2n) is 7.57. The SMILES string of the molecule is O[C@]1(c2ccccc2)CCN(c2cncc3nccn23)C[C@H]1N1CCOCC1. The number of ether oxygens (including phenoxy) is 1. The standard InChI is InChI=1S/C21H25N5O2/c27-21(17-4-2-1-3-5-17)6-8-25(16-18(21)24-10-12-28-13-11-24)20-15-22-14-19-23-7-9-26(19)20/h1-5,7,9,14-15,18,27H,6,8,10-13,16H2/t18-,21+/m1/s1. The molecule has 2 saturated heterocycles.